The van der Waals surface area contributed by atoms with E-state index in [0.717, 1.165) is 42.1 Å². The van der Waals surface area contributed by atoms with E-state index in [2.05, 4.69) is 25.0 Å². The van der Waals surface area contributed by atoms with Crippen LogP contribution in [0.5, 0.6) is 0 Å². The van der Waals surface area contributed by atoms with Crippen molar-refractivity contribution in [1.82, 2.24) is 24.7 Å². The van der Waals surface area contributed by atoms with E-state index in [4.69, 9.17) is 4.74 Å². The number of hydrogen-bond donors (Lipinski definition) is 0. The van der Waals surface area contributed by atoms with Crippen LogP contribution in [0.3, 0.4) is 0 Å². The lowest BCUT2D eigenvalue weighted by atomic mass is 10.2. The zero-order valence-corrected chi connectivity index (χ0v) is 13.6. The molecule has 0 aliphatic carbocycles. The lowest BCUT2D eigenvalue weighted by molar-refractivity contribution is 0.0264. The Bertz CT molecular complexity index is 648. The molecule has 1 atom stereocenters. The molecular weight excluding hydrogens is 280 g/mol. The number of aryl methyl sites for hydroxylation is 4. The van der Waals surface area contributed by atoms with Crippen molar-refractivity contribution in [2.24, 2.45) is 0 Å². The van der Waals surface area contributed by atoms with Crippen LogP contribution in [0.25, 0.3) is 0 Å². The van der Waals surface area contributed by atoms with Gasteiger partial charge in [0.2, 0.25) is 5.95 Å². The fraction of sp³-hybridized carbons (Fsp3) is 0.600. The molecule has 7 heteroatoms. The smallest absolute Gasteiger partial charge is 0.225 e. The molecule has 1 saturated heterocycles. The Balaban J connectivity index is 1.72. The lowest BCUT2D eigenvalue weighted by Crippen LogP contribution is -2.45. The van der Waals surface area contributed by atoms with Gasteiger partial charge in [-0.25, -0.2) is 19.6 Å². The van der Waals surface area contributed by atoms with Gasteiger partial charge in [0.25, 0.3) is 0 Å². The topological polar surface area (TPSA) is 69.0 Å². The third kappa shape index (κ3) is 3.24. The third-order valence-corrected chi connectivity index (χ3v) is 3.73. The van der Waals surface area contributed by atoms with Gasteiger partial charge in [-0.05, 0) is 33.8 Å². The predicted octanol–water partition coefficient (Wildman–Crippen LogP) is 1.21. The van der Waals surface area contributed by atoms with Crippen LogP contribution < -0.4 is 4.90 Å². The minimum atomic E-state index is 0.0676. The summed E-state index contributed by atoms with van der Waals surface area (Å²) >= 11 is 0. The maximum atomic E-state index is 5.87. The summed E-state index contributed by atoms with van der Waals surface area (Å²) in [6.07, 6.45) is 0.0676. The molecule has 0 radical (unpaired) electrons. The fourth-order valence-corrected chi connectivity index (χ4v) is 2.79. The zero-order valence-electron chi connectivity index (χ0n) is 13.6. The molecule has 2 aromatic rings. The van der Waals surface area contributed by atoms with E-state index in [1.165, 1.54) is 0 Å². The maximum absolute atomic E-state index is 5.87. The fourth-order valence-electron chi connectivity index (χ4n) is 2.79. The second-order valence-electron chi connectivity index (χ2n) is 5.78. The normalized spacial score (nSPS) is 18.7. The molecule has 0 spiro atoms. The summed E-state index contributed by atoms with van der Waals surface area (Å²) in [5.74, 6) is 2.50. The summed E-state index contributed by atoms with van der Waals surface area (Å²) < 4.78 is 7.78. The molecule has 0 N–H and O–H groups in total. The summed E-state index contributed by atoms with van der Waals surface area (Å²) in [7, 11) is 0. The number of anilines is 1. The Morgan fingerprint density at radius 3 is 2.50 bits per heavy atom. The van der Waals surface area contributed by atoms with Crippen LogP contribution in [0.1, 0.15) is 23.0 Å². The summed E-state index contributed by atoms with van der Waals surface area (Å²) in [5, 5.41) is 4.41. The molecule has 1 unspecified atom stereocenters. The molecular formula is C15H22N6O. The molecule has 22 heavy (non-hydrogen) atoms. The number of aromatic nitrogens is 5. The Labute approximate surface area is 130 Å². The summed E-state index contributed by atoms with van der Waals surface area (Å²) in [6.45, 7) is 10.8. The molecule has 1 fully saturated rings. The Morgan fingerprint density at radius 1 is 1.14 bits per heavy atom. The maximum Gasteiger partial charge on any atom is 0.225 e. The molecule has 2 aromatic heterocycles. The second-order valence-corrected chi connectivity index (χ2v) is 5.78. The molecule has 3 heterocycles. The van der Waals surface area contributed by atoms with Crippen LogP contribution in [-0.4, -0.2) is 50.5 Å². The molecule has 1 aliphatic rings. The zero-order chi connectivity index (χ0) is 15.7. The molecule has 118 valence electrons. The van der Waals surface area contributed by atoms with Gasteiger partial charge >= 0.3 is 0 Å². The summed E-state index contributed by atoms with van der Waals surface area (Å²) in [6, 6.07) is 1.99. The number of nitrogens with zero attached hydrogens (tertiary/aromatic N) is 6. The molecule has 0 amide bonds. The summed E-state index contributed by atoms with van der Waals surface area (Å²) in [4.78, 5) is 15.6. The molecule has 0 aromatic carbocycles. The lowest BCUT2D eigenvalue weighted by Gasteiger charge is -2.33. The van der Waals surface area contributed by atoms with Crippen molar-refractivity contribution in [3.8, 4) is 0 Å². The summed E-state index contributed by atoms with van der Waals surface area (Å²) in [5.41, 5.74) is 1.99. The van der Waals surface area contributed by atoms with E-state index in [-0.39, 0.29) is 6.10 Å². The van der Waals surface area contributed by atoms with Gasteiger partial charge in [-0.3, -0.25) is 0 Å². The SMILES string of the molecule is Cc1cc(C)nc(N2CCOC(Cn3nc(C)nc3C)C2)n1. The highest BCUT2D eigenvalue weighted by atomic mass is 16.5. The quantitative estimate of drug-likeness (QED) is 0.849. The van der Waals surface area contributed by atoms with Crippen molar-refractivity contribution >= 4 is 5.95 Å². The van der Waals surface area contributed by atoms with Crippen molar-refractivity contribution in [2.45, 2.75) is 40.3 Å². The Kier molecular flexibility index (Phi) is 4.06. The molecule has 0 bridgehead atoms. The van der Waals surface area contributed by atoms with Gasteiger partial charge in [0.05, 0.1) is 19.3 Å². The van der Waals surface area contributed by atoms with Gasteiger partial charge in [0, 0.05) is 24.5 Å². The highest BCUT2D eigenvalue weighted by Crippen LogP contribution is 2.15. The van der Waals surface area contributed by atoms with Crippen molar-refractivity contribution < 1.29 is 4.74 Å². The predicted molar refractivity (Wildman–Crippen MR) is 83.0 cm³/mol. The number of ether oxygens (including phenoxy) is 1. The number of hydrogen-bond acceptors (Lipinski definition) is 6. The van der Waals surface area contributed by atoms with Gasteiger partial charge in [-0.2, -0.15) is 5.10 Å². The van der Waals surface area contributed by atoms with Crippen molar-refractivity contribution in [2.75, 3.05) is 24.6 Å². The first kappa shape index (κ1) is 14.9. The van der Waals surface area contributed by atoms with Gasteiger partial charge in [0.15, 0.2) is 0 Å². The first-order chi connectivity index (χ1) is 10.5. The van der Waals surface area contributed by atoms with Gasteiger partial charge < -0.3 is 9.64 Å². The van der Waals surface area contributed by atoms with Crippen LogP contribution in [0.2, 0.25) is 0 Å². The van der Waals surface area contributed by atoms with E-state index in [1.54, 1.807) is 0 Å². The Morgan fingerprint density at radius 2 is 1.86 bits per heavy atom. The van der Waals surface area contributed by atoms with E-state index in [0.29, 0.717) is 13.2 Å². The largest absolute Gasteiger partial charge is 0.373 e. The van der Waals surface area contributed by atoms with Crippen LogP contribution >= 0.6 is 0 Å². The molecule has 7 nitrogen and oxygen atoms in total. The second kappa shape index (κ2) is 6.00. The average molecular weight is 302 g/mol. The Hall–Kier alpha value is -2.02. The first-order valence-electron chi connectivity index (χ1n) is 7.58. The van der Waals surface area contributed by atoms with Crippen LogP contribution in [0.4, 0.5) is 5.95 Å². The van der Waals surface area contributed by atoms with E-state index < -0.39 is 0 Å². The molecule has 0 saturated carbocycles. The highest BCUT2D eigenvalue weighted by Gasteiger charge is 2.24. The molecule has 3 rings (SSSR count). The van der Waals surface area contributed by atoms with E-state index in [1.807, 2.05) is 38.4 Å². The van der Waals surface area contributed by atoms with Crippen molar-refractivity contribution in [3.63, 3.8) is 0 Å². The minimum absolute atomic E-state index is 0.0676. The van der Waals surface area contributed by atoms with Crippen molar-refractivity contribution in [3.05, 3.63) is 29.1 Å². The molecule has 1 aliphatic heterocycles. The number of rotatable bonds is 3. The highest BCUT2D eigenvalue weighted by molar-refractivity contribution is 5.32. The first-order valence-corrected chi connectivity index (χ1v) is 7.58. The van der Waals surface area contributed by atoms with Crippen molar-refractivity contribution in [1.29, 1.82) is 0 Å². The number of morpholine rings is 1. The van der Waals surface area contributed by atoms with Crippen LogP contribution in [0.15, 0.2) is 6.07 Å². The van der Waals surface area contributed by atoms with E-state index >= 15 is 0 Å². The van der Waals surface area contributed by atoms with Gasteiger partial charge in [-0.1, -0.05) is 0 Å². The van der Waals surface area contributed by atoms with Gasteiger partial charge in [-0.15, -0.1) is 0 Å². The van der Waals surface area contributed by atoms with Gasteiger partial charge in [0.1, 0.15) is 11.6 Å². The third-order valence-electron chi connectivity index (χ3n) is 3.73. The minimum Gasteiger partial charge on any atom is -0.373 e. The van der Waals surface area contributed by atoms with Crippen LogP contribution in [0, 0.1) is 27.7 Å². The monoisotopic (exact) mass is 302 g/mol. The van der Waals surface area contributed by atoms with E-state index in [9.17, 15) is 0 Å². The van der Waals surface area contributed by atoms with Crippen LogP contribution in [-0.2, 0) is 11.3 Å². The standard InChI is InChI=1S/C15H22N6O/c1-10-7-11(2)17-15(16-10)20-5-6-22-14(8-20)9-21-13(4)18-12(3)19-21/h7,14H,5-6,8-9H2,1-4H3. The average Bonchev–Trinajstić information content (AvgIpc) is 2.76.